The van der Waals surface area contributed by atoms with Crippen LogP contribution in [0.15, 0.2) is 36.5 Å². The molecular formula is C43H78NO7+. The van der Waals surface area contributed by atoms with Gasteiger partial charge in [0, 0.05) is 19.3 Å². The third kappa shape index (κ3) is 33.2. The number of hydrogen-bond donors (Lipinski definition) is 1. The Hall–Kier alpha value is -2.45. The van der Waals surface area contributed by atoms with Gasteiger partial charge in [-0.15, -0.1) is 0 Å². The van der Waals surface area contributed by atoms with Gasteiger partial charge in [0.1, 0.15) is 6.61 Å². The monoisotopic (exact) mass is 721 g/mol. The molecule has 0 saturated heterocycles. The predicted molar refractivity (Wildman–Crippen MR) is 211 cm³/mol. The van der Waals surface area contributed by atoms with Crippen molar-refractivity contribution in [2.45, 2.75) is 180 Å². The Morgan fingerprint density at radius 1 is 0.608 bits per heavy atom. The van der Waals surface area contributed by atoms with Crippen LogP contribution >= 0.6 is 0 Å². The Labute approximate surface area is 313 Å². The summed E-state index contributed by atoms with van der Waals surface area (Å²) in [5.41, 5.74) is 0. The number of rotatable bonds is 36. The fourth-order valence-corrected chi connectivity index (χ4v) is 5.91. The van der Waals surface area contributed by atoms with Gasteiger partial charge in [0.25, 0.3) is 0 Å². The van der Waals surface area contributed by atoms with Crippen molar-refractivity contribution in [1.29, 1.82) is 0 Å². The first-order chi connectivity index (χ1) is 24.6. The summed E-state index contributed by atoms with van der Waals surface area (Å²) in [6.45, 7) is 4.59. The van der Waals surface area contributed by atoms with Crippen LogP contribution < -0.4 is 0 Å². The summed E-state index contributed by atoms with van der Waals surface area (Å²) in [5.74, 6) is -1.48. The molecule has 0 radical (unpaired) electrons. The third-order valence-corrected chi connectivity index (χ3v) is 9.12. The lowest BCUT2D eigenvalue weighted by Crippen LogP contribution is -2.50. The van der Waals surface area contributed by atoms with E-state index in [0.29, 0.717) is 19.3 Å². The number of likely N-dealkylation sites (N-methyl/N-ethyl adjacent to an activating group) is 1. The van der Waals surface area contributed by atoms with Crippen LogP contribution in [-0.2, 0) is 28.6 Å². The highest BCUT2D eigenvalue weighted by molar-refractivity contribution is 5.72. The normalized spacial score (nSPS) is 13.4. The lowest BCUT2D eigenvalue weighted by Gasteiger charge is -2.31. The molecule has 2 unspecified atom stereocenters. The highest BCUT2D eigenvalue weighted by Crippen LogP contribution is 2.14. The van der Waals surface area contributed by atoms with Gasteiger partial charge in [-0.05, 0) is 32.1 Å². The van der Waals surface area contributed by atoms with Gasteiger partial charge in [-0.25, -0.2) is 4.79 Å². The number of carbonyl (C=O) groups is 3. The molecule has 0 fully saturated rings. The minimum absolute atomic E-state index is 0.0537. The molecule has 0 aromatic carbocycles. The molecule has 51 heavy (non-hydrogen) atoms. The maximum absolute atomic E-state index is 12.7. The molecule has 2 atom stereocenters. The number of carboxylic acids is 1. The summed E-state index contributed by atoms with van der Waals surface area (Å²) in [6, 6.07) is -0.614. The summed E-state index contributed by atoms with van der Waals surface area (Å²) in [4.78, 5) is 36.8. The van der Waals surface area contributed by atoms with Crippen molar-refractivity contribution in [2.24, 2.45) is 0 Å². The zero-order valence-corrected chi connectivity index (χ0v) is 33.6. The smallest absolute Gasteiger partial charge is 0.362 e. The minimum Gasteiger partial charge on any atom is -0.477 e. The van der Waals surface area contributed by atoms with Crippen molar-refractivity contribution in [2.75, 3.05) is 41.0 Å². The van der Waals surface area contributed by atoms with Crippen molar-refractivity contribution in [1.82, 2.24) is 0 Å². The topological polar surface area (TPSA) is 99.1 Å². The Morgan fingerprint density at radius 3 is 1.61 bits per heavy atom. The highest BCUT2D eigenvalue weighted by Gasteiger charge is 2.31. The number of carboxylic acid groups (broad SMARTS) is 1. The summed E-state index contributed by atoms with van der Waals surface area (Å²) >= 11 is 0. The Kier molecular flexibility index (Phi) is 33.0. The largest absolute Gasteiger partial charge is 0.477 e. The fraction of sp³-hybridized carbons (Fsp3) is 0.791. The van der Waals surface area contributed by atoms with Crippen LogP contribution in [0.1, 0.15) is 168 Å². The van der Waals surface area contributed by atoms with E-state index in [2.05, 4.69) is 50.3 Å². The van der Waals surface area contributed by atoms with Crippen LogP contribution in [0.3, 0.4) is 0 Å². The zero-order chi connectivity index (χ0) is 37.8. The molecule has 0 bridgehead atoms. The van der Waals surface area contributed by atoms with Crippen molar-refractivity contribution < 1.29 is 38.2 Å². The SMILES string of the molecule is CC/C=C/C=C/C=C/CCCCCCCCCC(=O)OC(COCCC(C(=O)O)[N+](C)(C)C)COC(=O)CCCCCCCCCCCCCC. The van der Waals surface area contributed by atoms with Crippen molar-refractivity contribution in [3.8, 4) is 0 Å². The molecule has 8 heteroatoms. The second-order valence-electron chi connectivity index (χ2n) is 14.9. The molecule has 0 amide bonds. The van der Waals surface area contributed by atoms with E-state index in [1.807, 2.05) is 21.1 Å². The van der Waals surface area contributed by atoms with Crippen LogP contribution in [-0.4, -0.2) is 80.6 Å². The first-order valence-corrected chi connectivity index (χ1v) is 20.6. The molecule has 0 saturated carbocycles. The number of quaternary nitrogens is 1. The average Bonchev–Trinajstić information content (AvgIpc) is 3.08. The number of aliphatic carboxylic acids is 1. The summed E-state index contributed by atoms with van der Waals surface area (Å²) in [6.07, 6.45) is 37.5. The second-order valence-corrected chi connectivity index (χ2v) is 14.9. The third-order valence-electron chi connectivity index (χ3n) is 9.12. The number of ether oxygens (including phenoxy) is 3. The van der Waals surface area contributed by atoms with Gasteiger partial charge < -0.3 is 23.8 Å². The highest BCUT2D eigenvalue weighted by atomic mass is 16.6. The number of nitrogens with zero attached hydrogens (tertiary/aromatic N) is 1. The van der Waals surface area contributed by atoms with Gasteiger partial charge in [-0.2, -0.15) is 0 Å². The lowest BCUT2D eigenvalue weighted by atomic mass is 10.0. The number of esters is 2. The van der Waals surface area contributed by atoms with Gasteiger partial charge >= 0.3 is 17.9 Å². The number of hydrogen-bond acceptors (Lipinski definition) is 6. The van der Waals surface area contributed by atoms with E-state index >= 15 is 0 Å². The first kappa shape index (κ1) is 48.5. The Morgan fingerprint density at radius 2 is 1.10 bits per heavy atom. The van der Waals surface area contributed by atoms with Crippen molar-refractivity contribution >= 4 is 17.9 Å². The van der Waals surface area contributed by atoms with E-state index in [4.69, 9.17) is 14.2 Å². The molecular weight excluding hydrogens is 642 g/mol. The van der Waals surface area contributed by atoms with E-state index in [9.17, 15) is 19.5 Å². The van der Waals surface area contributed by atoms with E-state index in [1.54, 1.807) is 0 Å². The quantitative estimate of drug-likeness (QED) is 0.0298. The van der Waals surface area contributed by atoms with E-state index in [0.717, 1.165) is 57.8 Å². The van der Waals surface area contributed by atoms with E-state index in [1.165, 1.54) is 77.0 Å². The maximum Gasteiger partial charge on any atom is 0.362 e. The van der Waals surface area contributed by atoms with E-state index < -0.39 is 18.1 Å². The first-order valence-electron chi connectivity index (χ1n) is 20.6. The maximum atomic E-state index is 12.7. The Bertz CT molecular complexity index is 937. The van der Waals surface area contributed by atoms with Crippen LogP contribution in [0.2, 0.25) is 0 Å². The van der Waals surface area contributed by atoms with Crippen LogP contribution in [0.5, 0.6) is 0 Å². The summed E-state index contributed by atoms with van der Waals surface area (Å²) < 4.78 is 17.2. The Balaban J connectivity index is 4.40. The molecule has 1 N–H and O–H groups in total. The number of unbranched alkanes of at least 4 members (excludes halogenated alkanes) is 18. The molecule has 8 nitrogen and oxygen atoms in total. The molecule has 0 aliphatic heterocycles. The molecule has 0 aromatic rings. The number of carbonyl (C=O) groups excluding carboxylic acids is 2. The van der Waals surface area contributed by atoms with Gasteiger partial charge in [0.05, 0.1) is 34.4 Å². The molecule has 0 aromatic heterocycles. The second kappa shape index (κ2) is 34.6. The fourth-order valence-electron chi connectivity index (χ4n) is 5.91. The molecule has 0 rings (SSSR count). The van der Waals surface area contributed by atoms with Crippen molar-refractivity contribution in [3.05, 3.63) is 36.5 Å². The molecule has 0 heterocycles. The molecule has 0 aliphatic carbocycles. The molecule has 0 spiro atoms. The number of allylic oxidation sites excluding steroid dienone is 6. The molecule has 296 valence electrons. The average molecular weight is 721 g/mol. The van der Waals surface area contributed by atoms with Gasteiger partial charge in [-0.3, -0.25) is 9.59 Å². The van der Waals surface area contributed by atoms with Gasteiger partial charge in [0.2, 0.25) is 0 Å². The zero-order valence-electron chi connectivity index (χ0n) is 33.6. The van der Waals surface area contributed by atoms with Gasteiger partial charge in [0.15, 0.2) is 12.1 Å². The molecule has 0 aliphatic rings. The van der Waals surface area contributed by atoms with Crippen LogP contribution in [0.25, 0.3) is 0 Å². The lowest BCUT2D eigenvalue weighted by molar-refractivity contribution is -0.887. The predicted octanol–water partition coefficient (Wildman–Crippen LogP) is 10.7. The summed E-state index contributed by atoms with van der Waals surface area (Å²) in [5, 5.41) is 9.59. The van der Waals surface area contributed by atoms with Crippen LogP contribution in [0.4, 0.5) is 0 Å². The van der Waals surface area contributed by atoms with E-state index in [-0.39, 0.29) is 36.2 Å². The van der Waals surface area contributed by atoms with Gasteiger partial charge in [-0.1, -0.05) is 153 Å². The summed E-state index contributed by atoms with van der Waals surface area (Å²) in [7, 11) is 5.52. The van der Waals surface area contributed by atoms with Crippen molar-refractivity contribution in [3.63, 3.8) is 0 Å². The van der Waals surface area contributed by atoms with Crippen LogP contribution in [0, 0.1) is 0 Å². The minimum atomic E-state index is -0.878. The standard InChI is InChI=1S/C43H77NO7/c1-6-8-10-12-14-16-18-20-21-22-24-26-28-30-32-34-42(46)51-39(37-49-36-35-40(43(47)48)44(3,4)5)38-50-41(45)33-31-29-27-25-23-19-17-15-13-11-9-7-2/h8,10,12,14,16,18,39-40H,6-7,9,11,13,15,17,19-38H2,1-5H3/p+1/b10-8+,14-12+,18-16+.